The Hall–Kier alpha value is -2.07. The average molecular weight is 280 g/mol. The summed E-state index contributed by atoms with van der Waals surface area (Å²) in [5.41, 5.74) is 1.27. The smallest absolute Gasteiger partial charge is 0.205 e. The zero-order chi connectivity index (χ0) is 14.0. The van der Waals surface area contributed by atoms with E-state index in [0.29, 0.717) is 28.0 Å². The lowest BCUT2D eigenvalue weighted by Gasteiger charge is -2.06. The fraction of sp³-hybridized carbons (Fsp3) is 0.143. The summed E-state index contributed by atoms with van der Waals surface area (Å²) in [6, 6.07) is 5.23. The van der Waals surface area contributed by atoms with Gasteiger partial charge >= 0.3 is 0 Å². The van der Waals surface area contributed by atoms with Crippen LogP contribution in [-0.2, 0) is 0 Å². The Morgan fingerprint density at radius 1 is 1.47 bits per heavy atom. The number of furan rings is 1. The molecular weight excluding hydrogens is 266 g/mol. The van der Waals surface area contributed by atoms with Gasteiger partial charge in [0.25, 0.3) is 0 Å². The van der Waals surface area contributed by atoms with Gasteiger partial charge in [-0.05, 0) is 23.8 Å². The van der Waals surface area contributed by atoms with Gasteiger partial charge in [-0.1, -0.05) is 24.2 Å². The van der Waals surface area contributed by atoms with E-state index < -0.39 is 0 Å². The van der Waals surface area contributed by atoms with Gasteiger partial charge in [-0.25, -0.2) is 0 Å². The summed E-state index contributed by atoms with van der Waals surface area (Å²) in [6.45, 7) is 3.59. The Kier molecular flexibility index (Phi) is 3.71. The average Bonchev–Trinajstić information content (AvgIpc) is 2.74. The van der Waals surface area contributed by atoms with E-state index in [2.05, 4.69) is 11.9 Å². The van der Waals surface area contributed by atoms with E-state index in [1.165, 1.54) is 6.08 Å². The third-order valence-corrected chi connectivity index (χ3v) is 3.06. The summed E-state index contributed by atoms with van der Waals surface area (Å²) in [5, 5.41) is 13.5. The summed E-state index contributed by atoms with van der Waals surface area (Å²) in [6.07, 6.45) is 1.45. The zero-order valence-corrected chi connectivity index (χ0v) is 11.4. The van der Waals surface area contributed by atoms with Crippen molar-refractivity contribution in [1.82, 2.24) is 0 Å². The zero-order valence-electron chi connectivity index (χ0n) is 10.7. The Labute approximate surface area is 116 Å². The second-order valence-electron chi connectivity index (χ2n) is 3.82. The predicted octanol–water partition coefficient (Wildman–Crippen LogP) is 4.00. The molecule has 0 saturated heterocycles. The fourth-order valence-electron chi connectivity index (χ4n) is 1.84. The first-order valence-corrected chi connectivity index (χ1v) is 6.00. The van der Waals surface area contributed by atoms with Crippen LogP contribution in [-0.4, -0.2) is 19.3 Å². The summed E-state index contributed by atoms with van der Waals surface area (Å²) in [4.78, 5) is 0. The van der Waals surface area contributed by atoms with Gasteiger partial charge in [0, 0.05) is 7.05 Å². The summed E-state index contributed by atoms with van der Waals surface area (Å²) in [5.74, 6) is 1.36. The van der Waals surface area contributed by atoms with Crippen LogP contribution in [0.15, 0.2) is 29.2 Å². The molecule has 100 valence electrons. The van der Waals surface area contributed by atoms with E-state index in [4.69, 9.17) is 20.8 Å². The number of benzene rings is 1. The van der Waals surface area contributed by atoms with Gasteiger partial charge in [-0.15, -0.1) is 0 Å². The molecule has 2 N–H and O–H groups in total. The maximum Gasteiger partial charge on any atom is 0.205 e. The number of rotatable bonds is 4. The van der Waals surface area contributed by atoms with Crippen LogP contribution in [0.25, 0.3) is 17.2 Å². The lowest BCUT2D eigenvalue weighted by atomic mass is 10.1. The molecule has 2 aromatic rings. The van der Waals surface area contributed by atoms with Crippen LogP contribution in [0.1, 0.15) is 5.76 Å². The van der Waals surface area contributed by atoms with E-state index in [0.717, 1.165) is 5.56 Å². The van der Waals surface area contributed by atoms with Crippen LogP contribution in [0.2, 0.25) is 5.02 Å². The van der Waals surface area contributed by atoms with Gasteiger partial charge in [0.2, 0.25) is 5.88 Å². The molecule has 0 unspecified atom stereocenters. The van der Waals surface area contributed by atoms with E-state index in [1.54, 1.807) is 32.4 Å². The molecule has 0 spiro atoms. The van der Waals surface area contributed by atoms with Crippen LogP contribution < -0.4 is 10.1 Å². The molecule has 5 heteroatoms. The highest BCUT2D eigenvalue weighted by Gasteiger charge is 2.19. The van der Waals surface area contributed by atoms with Gasteiger partial charge in [0.15, 0.2) is 11.5 Å². The minimum Gasteiger partial charge on any atom is -0.504 e. The lowest BCUT2D eigenvalue weighted by molar-refractivity contribution is 0.415. The van der Waals surface area contributed by atoms with Gasteiger partial charge in [0.1, 0.15) is 5.75 Å². The molecule has 1 aromatic carbocycles. The molecule has 0 bridgehead atoms. The van der Waals surface area contributed by atoms with Crippen molar-refractivity contribution in [1.29, 1.82) is 0 Å². The molecule has 0 amide bonds. The molecule has 0 radical (unpaired) electrons. The van der Waals surface area contributed by atoms with Gasteiger partial charge in [0.05, 0.1) is 17.7 Å². The van der Waals surface area contributed by atoms with Crippen molar-refractivity contribution < 1.29 is 14.3 Å². The van der Waals surface area contributed by atoms with Crippen LogP contribution in [0.3, 0.4) is 0 Å². The molecule has 0 aliphatic carbocycles. The SMILES string of the molecule is C=Cc1oc(NC)c(-c2ccc(OC)c(Cl)c2)c1O. The van der Waals surface area contributed by atoms with E-state index in [9.17, 15) is 5.11 Å². The number of nitrogens with one attached hydrogen (secondary N) is 1. The maximum atomic E-state index is 10.1. The molecule has 0 aliphatic rings. The van der Waals surface area contributed by atoms with E-state index in [1.807, 2.05) is 0 Å². The third-order valence-electron chi connectivity index (χ3n) is 2.76. The Balaban J connectivity index is 2.61. The molecular formula is C14H14ClNO3. The number of anilines is 1. The minimum absolute atomic E-state index is 0.0283. The maximum absolute atomic E-state index is 10.1. The fourth-order valence-corrected chi connectivity index (χ4v) is 2.10. The Morgan fingerprint density at radius 3 is 2.74 bits per heavy atom. The standard InChI is InChI=1S/C14H14ClNO3/c1-4-10-13(17)12(14(16-2)19-10)8-5-6-11(18-3)9(15)7-8/h4-7,16-17H,1H2,2-3H3. The van der Waals surface area contributed by atoms with Crippen molar-refractivity contribution in [3.8, 4) is 22.6 Å². The minimum atomic E-state index is 0.0283. The number of hydrogen-bond acceptors (Lipinski definition) is 4. The topological polar surface area (TPSA) is 54.6 Å². The number of ether oxygens (including phenoxy) is 1. The number of aromatic hydroxyl groups is 1. The van der Waals surface area contributed by atoms with E-state index >= 15 is 0 Å². The highest BCUT2D eigenvalue weighted by molar-refractivity contribution is 6.32. The molecule has 1 aromatic heterocycles. The highest BCUT2D eigenvalue weighted by Crippen LogP contribution is 2.43. The van der Waals surface area contributed by atoms with Crippen molar-refractivity contribution in [2.75, 3.05) is 19.5 Å². The third kappa shape index (κ3) is 2.27. The first kappa shape index (κ1) is 13.4. The summed E-state index contributed by atoms with van der Waals surface area (Å²) in [7, 11) is 3.25. The van der Waals surface area contributed by atoms with Crippen LogP contribution in [0.4, 0.5) is 5.88 Å². The van der Waals surface area contributed by atoms with Crippen molar-refractivity contribution in [2.45, 2.75) is 0 Å². The quantitative estimate of drug-likeness (QED) is 0.888. The molecule has 19 heavy (non-hydrogen) atoms. The number of halogens is 1. The van der Waals surface area contributed by atoms with Gasteiger partial charge < -0.3 is 19.6 Å². The molecule has 0 fully saturated rings. The predicted molar refractivity (Wildman–Crippen MR) is 77.0 cm³/mol. The monoisotopic (exact) mass is 279 g/mol. The summed E-state index contributed by atoms with van der Waals surface area (Å²) < 4.78 is 10.5. The molecule has 0 saturated carbocycles. The molecule has 2 rings (SSSR count). The normalized spacial score (nSPS) is 10.3. The van der Waals surface area contributed by atoms with Crippen LogP contribution in [0, 0.1) is 0 Å². The highest BCUT2D eigenvalue weighted by atomic mass is 35.5. The van der Waals surface area contributed by atoms with Crippen molar-refractivity contribution in [2.24, 2.45) is 0 Å². The second kappa shape index (κ2) is 5.28. The first-order valence-electron chi connectivity index (χ1n) is 5.62. The van der Waals surface area contributed by atoms with Crippen LogP contribution in [0.5, 0.6) is 11.5 Å². The summed E-state index contributed by atoms with van der Waals surface area (Å²) >= 11 is 6.09. The molecule has 1 heterocycles. The molecule has 0 atom stereocenters. The van der Waals surface area contributed by atoms with E-state index in [-0.39, 0.29) is 5.75 Å². The second-order valence-corrected chi connectivity index (χ2v) is 4.23. The van der Waals surface area contributed by atoms with Gasteiger partial charge in [-0.2, -0.15) is 0 Å². The van der Waals surface area contributed by atoms with Gasteiger partial charge in [-0.3, -0.25) is 0 Å². The molecule has 0 aliphatic heterocycles. The molecule has 4 nitrogen and oxygen atoms in total. The largest absolute Gasteiger partial charge is 0.504 e. The Bertz CT molecular complexity index is 619. The van der Waals surface area contributed by atoms with Crippen LogP contribution >= 0.6 is 11.6 Å². The van der Waals surface area contributed by atoms with Crippen molar-refractivity contribution in [3.05, 3.63) is 35.6 Å². The lowest BCUT2D eigenvalue weighted by Crippen LogP contribution is -1.89. The first-order chi connectivity index (χ1) is 9.12. The van der Waals surface area contributed by atoms with Crippen molar-refractivity contribution >= 4 is 23.6 Å². The Morgan fingerprint density at radius 2 is 2.21 bits per heavy atom. The number of hydrogen-bond donors (Lipinski definition) is 2. The number of methoxy groups -OCH3 is 1. The van der Waals surface area contributed by atoms with Crippen molar-refractivity contribution in [3.63, 3.8) is 0 Å².